The van der Waals surface area contributed by atoms with E-state index in [0.717, 1.165) is 22.7 Å². The molecule has 2 aromatic rings. The first-order valence-corrected chi connectivity index (χ1v) is 9.39. The van der Waals surface area contributed by atoms with Crippen molar-refractivity contribution in [3.8, 4) is 11.3 Å². The van der Waals surface area contributed by atoms with Gasteiger partial charge in [-0.1, -0.05) is 32.9 Å². The largest absolute Gasteiger partial charge is 0.243 e. The molecular formula is C15H20N2O2S2. The van der Waals surface area contributed by atoms with Crippen LogP contribution in [0.2, 0.25) is 0 Å². The molecule has 0 unspecified atom stereocenters. The lowest BCUT2D eigenvalue weighted by molar-refractivity contribution is 0.445. The van der Waals surface area contributed by atoms with Crippen LogP contribution in [0.15, 0.2) is 34.5 Å². The molecule has 0 spiro atoms. The first-order valence-electron chi connectivity index (χ1n) is 7.07. The summed E-state index contributed by atoms with van der Waals surface area (Å²) in [5.74, 6) is 0. The highest BCUT2D eigenvalue weighted by atomic mass is 32.2. The zero-order chi connectivity index (χ0) is 15.5. The minimum Gasteiger partial charge on any atom is -0.241 e. The molecule has 0 aliphatic heterocycles. The molecule has 21 heavy (non-hydrogen) atoms. The average Bonchev–Trinajstić information content (AvgIpc) is 2.97. The number of nitrogens with zero attached hydrogens (tertiary/aromatic N) is 2. The van der Waals surface area contributed by atoms with Crippen LogP contribution in [0.3, 0.4) is 0 Å². The van der Waals surface area contributed by atoms with Crippen LogP contribution in [-0.4, -0.2) is 30.8 Å². The van der Waals surface area contributed by atoms with E-state index in [1.54, 1.807) is 23.5 Å². The number of hydrogen-bond acceptors (Lipinski definition) is 4. The van der Waals surface area contributed by atoms with Gasteiger partial charge in [-0.25, -0.2) is 13.4 Å². The van der Waals surface area contributed by atoms with Crippen molar-refractivity contribution in [2.75, 3.05) is 13.1 Å². The number of hydrogen-bond donors (Lipinski definition) is 0. The Kier molecular flexibility index (Phi) is 5.13. The molecule has 0 saturated heterocycles. The van der Waals surface area contributed by atoms with E-state index in [1.807, 2.05) is 31.4 Å². The van der Waals surface area contributed by atoms with Crippen LogP contribution in [-0.2, 0) is 16.4 Å². The molecule has 0 atom stereocenters. The van der Waals surface area contributed by atoms with Gasteiger partial charge in [-0.2, -0.15) is 4.31 Å². The molecular weight excluding hydrogens is 304 g/mol. The second-order valence-electron chi connectivity index (χ2n) is 4.59. The summed E-state index contributed by atoms with van der Waals surface area (Å²) in [5.41, 5.74) is 1.85. The van der Waals surface area contributed by atoms with Gasteiger partial charge in [0.2, 0.25) is 10.0 Å². The van der Waals surface area contributed by atoms with Crippen LogP contribution in [0, 0.1) is 0 Å². The molecule has 1 heterocycles. The Morgan fingerprint density at radius 3 is 2.19 bits per heavy atom. The number of sulfonamides is 1. The normalized spacial score (nSPS) is 12.0. The number of aryl methyl sites for hydroxylation is 1. The van der Waals surface area contributed by atoms with Crippen molar-refractivity contribution in [1.82, 2.24) is 9.29 Å². The fourth-order valence-corrected chi connectivity index (χ4v) is 4.33. The predicted molar refractivity (Wildman–Crippen MR) is 87.0 cm³/mol. The average molecular weight is 324 g/mol. The summed E-state index contributed by atoms with van der Waals surface area (Å²) in [7, 11) is -3.38. The molecule has 0 aliphatic rings. The quantitative estimate of drug-likeness (QED) is 0.818. The zero-order valence-corrected chi connectivity index (χ0v) is 14.2. The highest BCUT2D eigenvalue weighted by Gasteiger charge is 2.21. The van der Waals surface area contributed by atoms with Crippen molar-refractivity contribution in [3.05, 3.63) is 34.7 Å². The van der Waals surface area contributed by atoms with Crippen molar-refractivity contribution in [3.63, 3.8) is 0 Å². The molecule has 0 amide bonds. The Hall–Kier alpha value is -1.24. The molecule has 0 saturated carbocycles. The summed E-state index contributed by atoms with van der Waals surface area (Å²) in [6.07, 6.45) is 0.916. The lowest BCUT2D eigenvalue weighted by atomic mass is 10.2. The zero-order valence-electron chi connectivity index (χ0n) is 12.5. The van der Waals surface area contributed by atoms with Crippen LogP contribution in [0.1, 0.15) is 25.8 Å². The second kappa shape index (κ2) is 6.68. The SMILES string of the molecule is CCc1nc(-c2ccc(S(=O)(=O)N(CC)CC)cc2)cs1. The summed E-state index contributed by atoms with van der Waals surface area (Å²) in [6, 6.07) is 6.97. The van der Waals surface area contributed by atoms with Crippen LogP contribution < -0.4 is 0 Å². The van der Waals surface area contributed by atoms with Gasteiger partial charge in [0.15, 0.2) is 0 Å². The Morgan fingerprint density at radius 2 is 1.71 bits per heavy atom. The van der Waals surface area contributed by atoms with Crippen molar-refractivity contribution in [2.24, 2.45) is 0 Å². The fraction of sp³-hybridized carbons (Fsp3) is 0.400. The predicted octanol–water partition coefficient (Wildman–Crippen LogP) is 3.40. The van der Waals surface area contributed by atoms with Crippen LogP contribution in [0.25, 0.3) is 11.3 Å². The van der Waals surface area contributed by atoms with Crippen LogP contribution in [0.4, 0.5) is 0 Å². The van der Waals surface area contributed by atoms with Crippen molar-refractivity contribution in [1.29, 1.82) is 0 Å². The molecule has 1 aromatic carbocycles. The molecule has 2 rings (SSSR count). The molecule has 114 valence electrons. The molecule has 0 N–H and O–H groups in total. The summed E-state index contributed by atoms with van der Waals surface area (Å²) in [6.45, 7) is 6.72. The Balaban J connectivity index is 2.30. The standard InChI is InChI=1S/C15H20N2O2S2/c1-4-15-16-14(11-20-15)12-7-9-13(10-8-12)21(18,19)17(5-2)6-3/h7-11H,4-6H2,1-3H3. The minimum atomic E-state index is -3.38. The van der Waals surface area contributed by atoms with Gasteiger partial charge in [-0.15, -0.1) is 11.3 Å². The number of thiazole rings is 1. The summed E-state index contributed by atoms with van der Waals surface area (Å²) >= 11 is 1.63. The van der Waals surface area contributed by atoms with Gasteiger partial charge >= 0.3 is 0 Å². The monoisotopic (exact) mass is 324 g/mol. The summed E-state index contributed by atoms with van der Waals surface area (Å²) in [5, 5.41) is 3.09. The maximum absolute atomic E-state index is 12.4. The molecule has 1 aromatic heterocycles. The molecule has 0 fully saturated rings. The Bertz CT molecular complexity index is 687. The number of rotatable bonds is 6. The van der Waals surface area contributed by atoms with Gasteiger partial charge in [0.05, 0.1) is 15.6 Å². The third-order valence-corrected chi connectivity index (χ3v) is 6.40. The van der Waals surface area contributed by atoms with E-state index in [-0.39, 0.29) is 0 Å². The van der Waals surface area contributed by atoms with Crippen LogP contribution in [0.5, 0.6) is 0 Å². The van der Waals surface area contributed by atoms with E-state index in [9.17, 15) is 8.42 Å². The number of benzene rings is 1. The lowest BCUT2D eigenvalue weighted by Crippen LogP contribution is -2.30. The highest BCUT2D eigenvalue weighted by molar-refractivity contribution is 7.89. The Morgan fingerprint density at radius 1 is 1.10 bits per heavy atom. The van der Waals surface area contributed by atoms with Gasteiger partial charge < -0.3 is 0 Å². The second-order valence-corrected chi connectivity index (χ2v) is 7.47. The molecule has 0 radical (unpaired) electrons. The first kappa shape index (κ1) is 16.1. The van der Waals surface area contributed by atoms with Gasteiger partial charge in [0.25, 0.3) is 0 Å². The van der Waals surface area contributed by atoms with Crippen molar-refractivity contribution < 1.29 is 8.42 Å². The number of aromatic nitrogens is 1. The van der Waals surface area contributed by atoms with Gasteiger partial charge in [-0.3, -0.25) is 0 Å². The van der Waals surface area contributed by atoms with Gasteiger partial charge in [0.1, 0.15) is 0 Å². The fourth-order valence-electron chi connectivity index (χ4n) is 2.12. The third kappa shape index (κ3) is 3.33. The topological polar surface area (TPSA) is 50.3 Å². The van der Waals surface area contributed by atoms with Gasteiger partial charge in [0, 0.05) is 24.0 Å². The molecule has 0 bridgehead atoms. The third-order valence-electron chi connectivity index (χ3n) is 3.35. The van der Waals surface area contributed by atoms with Crippen molar-refractivity contribution >= 4 is 21.4 Å². The van der Waals surface area contributed by atoms with E-state index in [1.165, 1.54) is 4.31 Å². The smallest absolute Gasteiger partial charge is 0.241 e. The maximum atomic E-state index is 12.4. The summed E-state index contributed by atoms with van der Waals surface area (Å²) in [4.78, 5) is 4.85. The van der Waals surface area contributed by atoms with Gasteiger partial charge in [-0.05, 0) is 18.6 Å². The van der Waals surface area contributed by atoms with E-state index in [0.29, 0.717) is 18.0 Å². The van der Waals surface area contributed by atoms with E-state index in [4.69, 9.17) is 0 Å². The first-order chi connectivity index (χ1) is 10.0. The van der Waals surface area contributed by atoms with Crippen molar-refractivity contribution in [2.45, 2.75) is 32.1 Å². The Labute approximate surface area is 130 Å². The molecule has 6 heteroatoms. The van der Waals surface area contributed by atoms with Crippen LogP contribution >= 0.6 is 11.3 Å². The lowest BCUT2D eigenvalue weighted by Gasteiger charge is -2.18. The summed E-state index contributed by atoms with van der Waals surface area (Å²) < 4.78 is 26.3. The van der Waals surface area contributed by atoms with E-state index >= 15 is 0 Å². The maximum Gasteiger partial charge on any atom is 0.243 e. The van der Waals surface area contributed by atoms with E-state index in [2.05, 4.69) is 11.9 Å². The van der Waals surface area contributed by atoms with E-state index < -0.39 is 10.0 Å². The minimum absolute atomic E-state index is 0.334. The highest BCUT2D eigenvalue weighted by Crippen LogP contribution is 2.24. The molecule has 4 nitrogen and oxygen atoms in total. The molecule has 0 aliphatic carbocycles.